The van der Waals surface area contributed by atoms with Crippen LogP contribution in [0.5, 0.6) is 11.5 Å². The molecule has 0 fully saturated rings. The Morgan fingerprint density at radius 2 is 1.24 bits per heavy atom. The maximum Gasteiger partial charge on any atom is 0.425 e. The summed E-state index contributed by atoms with van der Waals surface area (Å²) >= 11 is 0. The van der Waals surface area contributed by atoms with Gasteiger partial charge in [0.2, 0.25) is 0 Å². The van der Waals surface area contributed by atoms with E-state index in [4.69, 9.17) is 14.2 Å². The first kappa shape index (κ1) is 39.5. The zero-order chi connectivity index (χ0) is 35.5. The number of carbonyl (C=O) groups excluding carboxylic acids is 2. The zero-order valence-corrected chi connectivity index (χ0v) is 28.5. The summed E-state index contributed by atoms with van der Waals surface area (Å²) in [7, 11) is 0. The quantitative estimate of drug-likeness (QED) is 0.0453. The van der Waals surface area contributed by atoms with E-state index in [1.54, 1.807) is 31.2 Å². The van der Waals surface area contributed by atoms with Gasteiger partial charge in [0.1, 0.15) is 17.3 Å². The van der Waals surface area contributed by atoms with E-state index in [0.29, 0.717) is 19.6 Å². The van der Waals surface area contributed by atoms with Crippen LogP contribution in [0.3, 0.4) is 0 Å². The van der Waals surface area contributed by atoms with Gasteiger partial charge in [0.25, 0.3) is 0 Å². The molecule has 10 heteroatoms. The maximum atomic E-state index is 14.7. The van der Waals surface area contributed by atoms with E-state index in [1.165, 1.54) is 44.9 Å². The van der Waals surface area contributed by atoms with Gasteiger partial charge < -0.3 is 18.9 Å². The van der Waals surface area contributed by atoms with Gasteiger partial charge in [-0.15, -0.1) is 0 Å². The summed E-state index contributed by atoms with van der Waals surface area (Å²) < 4.78 is 75.9. The molecule has 0 bridgehead atoms. The molecule has 0 saturated carbocycles. The molecule has 0 saturated heterocycles. The number of unbranched alkanes of at least 4 members (excludes halogenated alkanes) is 9. The van der Waals surface area contributed by atoms with Crippen molar-refractivity contribution in [3.05, 3.63) is 83.7 Å². The summed E-state index contributed by atoms with van der Waals surface area (Å²) in [6.45, 7) is 5.41. The molecule has 0 aliphatic carbocycles. The van der Waals surface area contributed by atoms with Gasteiger partial charge in [-0.3, -0.25) is 0 Å². The van der Waals surface area contributed by atoms with Crippen molar-refractivity contribution in [1.29, 1.82) is 0 Å². The summed E-state index contributed by atoms with van der Waals surface area (Å²) in [4.78, 5) is 25.1. The molecule has 0 aliphatic rings. The molecule has 0 aromatic heterocycles. The lowest BCUT2D eigenvalue weighted by Gasteiger charge is -2.21. The normalized spacial score (nSPS) is 12.0. The molecule has 3 rings (SSSR count). The number of carbonyl (C=O) groups is 2. The Morgan fingerprint density at radius 3 is 1.84 bits per heavy atom. The third-order valence-corrected chi connectivity index (χ3v) is 8.02. The topological polar surface area (TPSA) is 71.1 Å². The van der Waals surface area contributed by atoms with Crippen molar-refractivity contribution >= 4 is 11.9 Å². The molecule has 3 aromatic carbocycles. The third-order valence-electron chi connectivity index (χ3n) is 8.02. The second-order valence-corrected chi connectivity index (χ2v) is 11.9. The fraction of sp³-hybridized carbons (Fsp3) is 0.487. The van der Waals surface area contributed by atoms with Gasteiger partial charge in [0, 0.05) is 19.3 Å². The van der Waals surface area contributed by atoms with Crippen LogP contribution in [0.4, 0.5) is 17.6 Å². The first-order valence-electron chi connectivity index (χ1n) is 17.3. The average Bonchev–Trinajstić information content (AvgIpc) is 3.08. The number of ether oxygens (including phenoxy) is 4. The fourth-order valence-electron chi connectivity index (χ4n) is 5.20. The van der Waals surface area contributed by atoms with Gasteiger partial charge in [-0.2, -0.15) is 13.2 Å². The molecular formula is C39H48F4O6. The molecule has 268 valence electrons. The van der Waals surface area contributed by atoms with E-state index >= 15 is 0 Å². The SMILES string of the molecule is CCCCCCCCCCCOc1ccc(-c2ccc(C(=O)Oc3ccc(C(=O)OC(CCCCOCC)C(F)(F)F)c(F)c3)cc2)cc1. The maximum absolute atomic E-state index is 14.7. The van der Waals surface area contributed by atoms with Crippen LogP contribution < -0.4 is 9.47 Å². The summed E-state index contributed by atoms with van der Waals surface area (Å²) in [6, 6.07) is 17.1. The molecule has 6 nitrogen and oxygen atoms in total. The van der Waals surface area contributed by atoms with Crippen molar-refractivity contribution in [2.24, 2.45) is 0 Å². The van der Waals surface area contributed by atoms with E-state index < -0.39 is 42.0 Å². The van der Waals surface area contributed by atoms with Gasteiger partial charge in [-0.1, -0.05) is 82.6 Å². The van der Waals surface area contributed by atoms with Gasteiger partial charge >= 0.3 is 18.1 Å². The van der Waals surface area contributed by atoms with Gasteiger partial charge in [-0.05, 0) is 80.1 Å². The minimum absolute atomic E-state index is 0.108. The Morgan fingerprint density at radius 1 is 0.673 bits per heavy atom. The number of hydrogen-bond acceptors (Lipinski definition) is 6. The molecule has 49 heavy (non-hydrogen) atoms. The van der Waals surface area contributed by atoms with Gasteiger partial charge in [0.15, 0.2) is 6.10 Å². The Hall–Kier alpha value is -3.92. The van der Waals surface area contributed by atoms with E-state index in [-0.39, 0.29) is 24.3 Å². The number of esters is 2. The highest BCUT2D eigenvalue weighted by atomic mass is 19.4. The number of halogens is 4. The van der Waals surface area contributed by atoms with Crippen LogP contribution in [0.2, 0.25) is 0 Å². The molecule has 3 aromatic rings. The molecule has 1 unspecified atom stereocenters. The Labute approximate surface area is 287 Å². The molecule has 1 atom stereocenters. The lowest BCUT2D eigenvalue weighted by atomic mass is 10.0. The van der Waals surface area contributed by atoms with Crippen LogP contribution in [0.25, 0.3) is 11.1 Å². The molecule has 0 spiro atoms. The van der Waals surface area contributed by atoms with Crippen molar-refractivity contribution in [2.75, 3.05) is 19.8 Å². The minimum atomic E-state index is -4.81. The van der Waals surface area contributed by atoms with E-state index in [1.807, 2.05) is 24.3 Å². The minimum Gasteiger partial charge on any atom is -0.494 e. The van der Waals surface area contributed by atoms with E-state index in [2.05, 4.69) is 11.7 Å². The molecular weight excluding hydrogens is 640 g/mol. The van der Waals surface area contributed by atoms with E-state index in [9.17, 15) is 27.2 Å². The van der Waals surface area contributed by atoms with Gasteiger partial charge in [0.05, 0.1) is 17.7 Å². The van der Waals surface area contributed by atoms with Gasteiger partial charge in [-0.25, -0.2) is 14.0 Å². The number of hydrogen-bond donors (Lipinski definition) is 0. The predicted molar refractivity (Wildman–Crippen MR) is 182 cm³/mol. The van der Waals surface area contributed by atoms with Crippen LogP contribution in [0.15, 0.2) is 66.7 Å². The Balaban J connectivity index is 1.46. The highest BCUT2D eigenvalue weighted by Gasteiger charge is 2.42. The third kappa shape index (κ3) is 14.2. The predicted octanol–water partition coefficient (Wildman–Crippen LogP) is 10.9. The fourth-order valence-corrected chi connectivity index (χ4v) is 5.20. The van der Waals surface area contributed by atoms with E-state index in [0.717, 1.165) is 47.9 Å². The highest BCUT2D eigenvalue weighted by molar-refractivity contribution is 5.92. The molecule has 0 aliphatic heterocycles. The van der Waals surface area contributed by atoms with Crippen molar-refractivity contribution in [2.45, 2.75) is 103 Å². The molecule has 0 radical (unpaired) electrons. The highest BCUT2D eigenvalue weighted by Crippen LogP contribution is 2.29. The summed E-state index contributed by atoms with van der Waals surface area (Å²) in [5.74, 6) is -2.83. The van der Waals surface area contributed by atoms with Crippen LogP contribution in [0.1, 0.15) is 112 Å². The smallest absolute Gasteiger partial charge is 0.425 e. The molecule has 0 heterocycles. The van der Waals surface area contributed by atoms with Crippen molar-refractivity contribution < 1.29 is 46.1 Å². The number of rotatable bonds is 22. The summed E-state index contributed by atoms with van der Waals surface area (Å²) in [5.41, 5.74) is 1.29. The largest absolute Gasteiger partial charge is 0.494 e. The van der Waals surface area contributed by atoms with Crippen LogP contribution in [0, 0.1) is 5.82 Å². The standard InChI is InChI=1S/C39H48F4O6/c1-3-5-6-7-8-9-10-11-13-27-47-32-22-20-30(21-23-32)29-16-18-31(19-17-29)37(44)48-33-24-25-34(35(40)28-33)38(45)49-36(39(41,42)43)15-12-14-26-46-4-2/h16-25,28,36H,3-15,26-27H2,1-2H3. The second-order valence-electron chi connectivity index (χ2n) is 11.9. The first-order chi connectivity index (χ1) is 23.6. The lowest BCUT2D eigenvalue weighted by molar-refractivity contribution is -0.206. The summed E-state index contributed by atoms with van der Waals surface area (Å²) in [5, 5.41) is 0. The van der Waals surface area contributed by atoms with Crippen LogP contribution in [-0.4, -0.2) is 44.0 Å². The first-order valence-corrected chi connectivity index (χ1v) is 17.3. The average molecular weight is 689 g/mol. The van der Waals surface area contributed by atoms with Crippen LogP contribution >= 0.6 is 0 Å². The lowest BCUT2D eigenvalue weighted by Crippen LogP contribution is -2.34. The molecule has 0 amide bonds. The Bertz CT molecular complexity index is 1410. The zero-order valence-electron chi connectivity index (χ0n) is 28.5. The van der Waals surface area contributed by atoms with Crippen molar-refractivity contribution in [1.82, 2.24) is 0 Å². The second kappa shape index (κ2) is 21.2. The van der Waals surface area contributed by atoms with Crippen molar-refractivity contribution in [3.63, 3.8) is 0 Å². The van der Waals surface area contributed by atoms with Crippen molar-refractivity contribution in [3.8, 4) is 22.6 Å². The Kier molecular flexibility index (Phi) is 17.1. The van der Waals surface area contributed by atoms with Crippen LogP contribution in [-0.2, 0) is 9.47 Å². The molecule has 0 N–H and O–H groups in total. The monoisotopic (exact) mass is 688 g/mol. The number of benzene rings is 3. The number of alkyl halides is 3. The summed E-state index contributed by atoms with van der Waals surface area (Å²) in [6.07, 6.45) is 4.09.